The molecule has 1 N–H and O–H groups in total. The lowest BCUT2D eigenvalue weighted by Gasteiger charge is -2.62. The lowest BCUT2D eigenvalue weighted by Crippen LogP contribution is -2.57. The third kappa shape index (κ3) is 2.15. The average Bonchev–Trinajstić information content (AvgIpc) is 2.53. The van der Waals surface area contributed by atoms with E-state index in [1.54, 1.807) is 0 Å². The van der Waals surface area contributed by atoms with E-state index in [9.17, 15) is 9.90 Å². The molecule has 3 heteroatoms. The minimum absolute atomic E-state index is 0.0939. The number of ketones is 1. The van der Waals surface area contributed by atoms with Gasteiger partial charge in [-0.25, -0.2) is 0 Å². The number of halogens is 1. The molecule has 0 aromatic rings. The minimum Gasteiger partial charge on any atom is -0.387 e. The maximum Gasteiger partial charge on any atom is 0.155 e. The monoisotopic (exact) mass is 348 g/mol. The van der Waals surface area contributed by atoms with Gasteiger partial charge in [-0.2, -0.15) is 0 Å². The van der Waals surface area contributed by atoms with Crippen LogP contribution in [0.4, 0.5) is 0 Å². The molecule has 132 valence electrons. The molecule has 0 saturated heterocycles. The smallest absolute Gasteiger partial charge is 0.155 e. The van der Waals surface area contributed by atoms with Crippen LogP contribution in [-0.2, 0) is 4.79 Å². The van der Waals surface area contributed by atoms with Crippen molar-refractivity contribution >= 4 is 17.4 Å². The van der Waals surface area contributed by atoms with Gasteiger partial charge in [0.2, 0.25) is 0 Å². The lowest BCUT2D eigenvalue weighted by molar-refractivity contribution is -0.125. The van der Waals surface area contributed by atoms with E-state index in [0.29, 0.717) is 40.9 Å². The molecule has 24 heavy (non-hydrogen) atoms. The van der Waals surface area contributed by atoms with E-state index in [1.807, 2.05) is 6.08 Å². The Bertz CT molecular complexity index is 636. The van der Waals surface area contributed by atoms with E-state index >= 15 is 0 Å². The minimum atomic E-state index is -0.510. The molecule has 0 heterocycles. The van der Waals surface area contributed by atoms with Gasteiger partial charge in [-0.05, 0) is 67.3 Å². The van der Waals surface area contributed by atoms with E-state index in [-0.39, 0.29) is 10.8 Å². The molecule has 4 rings (SSSR count). The molecular formula is C21H29ClO2. The fourth-order valence-corrected chi connectivity index (χ4v) is 7.04. The summed E-state index contributed by atoms with van der Waals surface area (Å²) < 4.78 is 0. The van der Waals surface area contributed by atoms with Gasteiger partial charge in [-0.3, -0.25) is 4.79 Å². The van der Waals surface area contributed by atoms with Crippen LogP contribution in [0.1, 0.15) is 59.3 Å². The van der Waals surface area contributed by atoms with Crippen molar-refractivity contribution in [3.8, 4) is 0 Å². The van der Waals surface area contributed by atoms with Gasteiger partial charge in [0.25, 0.3) is 0 Å². The number of allylic oxidation sites excluding steroid dienone is 3. The van der Waals surface area contributed by atoms with Gasteiger partial charge < -0.3 is 5.11 Å². The number of hydrogen-bond acceptors (Lipinski definition) is 2. The molecule has 0 radical (unpaired) electrons. The Morgan fingerprint density at radius 3 is 2.75 bits per heavy atom. The SMILES string of the molecule is C[C@@H]1CC2=CC(=O)CC[C@]2(C)[C@H]2CC[C@]3(C)[C@@H](O)C(Cl)=CC[C@H]3[C@H]12. The number of carbonyl (C=O) groups is 1. The van der Waals surface area contributed by atoms with E-state index < -0.39 is 6.10 Å². The van der Waals surface area contributed by atoms with Crippen molar-refractivity contribution in [3.63, 3.8) is 0 Å². The van der Waals surface area contributed by atoms with Gasteiger partial charge in [0.1, 0.15) is 0 Å². The van der Waals surface area contributed by atoms with E-state index in [4.69, 9.17) is 11.6 Å². The van der Waals surface area contributed by atoms with Crippen LogP contribution in [0, 0.1) is 34.5 Å². The van der Waals surface area contributed by atoms with Crippen LogP contribution in [0.15, 0.2) is 22.8 Å². The van der Waals surface area contributed by atoms with Crippen LogP contribution in [0.25, 0.3) is 0 Å². The van der Waals surface area contributed by atoms with Crippen LogP contribution in [0.5, 0.6) is 0 Å². The third-order valence-electron chi connectivity index (χ3n) is 8.20. The molecule has 0 amide bonds. The first-order chi connectivity index (χ1) is 11.3. The van der Waals surface area contributed by atoms with Crippen molar-refractivity contribution in [2.24, 2.45) is 34.5 Å². The van der Waals surface area contributed by atoms with Gasteiger partial charge in [0.05, 0.1) is 6.10 Å². The molecule has 0 spiro atoms. The highest BCUT2D eigenvalue weighted by molar-refractivity contribution is 6.30. The van der Waals surface area contributed by atoms with Crippen molar-refractivity contribution in [1.82, 2.24) is 0 Å². The second-order valence-corrected chi connectivity index (χ2v) is 9.73. The van der Waals surface area contributed by atoms with Crippen LogP contribution >= 0.6 is 11.6 Å². The van der Waals surface area contributed by atoms with Gasteiger partial charge in [0, 0.05) is 16.9 Å². The molecule has 0 aliphatic heterocycles. The van der Waals surface area contributed by atoms with Crippen molar-refractivity contribution in [3.05, 3.63) is 22.8 Å². The average molecular weight is 349 g/mol. The van der Waals surface area contributed by atoms with Crippen molar-refractivity contribution < 1.29 is 9.90 Å². The molecule has 0 bridgehead atoms. The number of hydrogen-bond donors (Lipinski definition) is 1. The zero-order valence-electron chi connectivity index (χ0n) is 15.0. The lowest BCUT2D eigenvalue weighted by atomic mass is 9.43. The molecule has 2 fully saturated rings. The summed E-state index contributed by atoms with van der Waals surface area (Å²) in [6.45, 7) is 7.01. The highest BCUT2D eigenvalue weighted by Crippen LogP contribution is 2.65. The summed E-state index contributed by atoms with van der Waals surface area (Å²) in [6.07, 6.45) is 9.45. The van der Waals surface area contributed by atoms with Crippen LogP contribution in [0.3, 0.4) is 0 Å². The second kappa shape index (κ2) is 5.45. The van der Waals surface area contributed by atoms with E-state index in [0.717, 1.165) is 32.1 Å². The highest BCUT2D eigenvalue weighted by atomic mass is 35.5. The van der Waals surface area contributed by atoms with Crippen molar-refractivity contribution in [1.29, 1.82) is 0 Å². The van der Waals surface area contributed by atoms with Crippen LogP contribution in [-0.4, -0.2) is 17.0 Å². The van der Waals surface area contributed by atoms with E-state index in [2.05, 4.69) is 26.8 Å². The molecule has 4 aliphatic carbocycles. The van der Waals surface area contributed by atoms with Gasteiger partial charge >= 0.3 is 0 Å². The quantitative estimate of drug-likeness (QED) is 0.678. The summed E-state index contributed by atoms with van der Waals surface area (Å²) in [6, 6.07) is 0. The Hall–Kier alpha value is -0.600. The zero-order chi connectivity index (χ0) is 17.3. The number of rotatable bonds is 0. The number of aliphatic hydroxyl groups excluding tert-OH is 1. The maximum atomic E-state index is 12.0. The molecule has 0 unspecified atom stereocenters. The molecule has 4 aliphatic rings. The molecule has 0 aromatic heterocycles. The van der Waals surface area contributed by atoms with Crippen molar-refractivity contribution in [2.45, 2.75) is 65.4 Å². The Labute approximate surface area is 150 Å². The maximum absolute atomic E-state index is 12.0. The fourth-order valence-electron chi connectivity index (χ4n) is 6.71. The summed E-state index contributed by atoms with van der Waals surface area (Å²) in [7, 11) is 0. The Morgan fingerprint density at radius 2 is 2.00 bits per heavy atom. The Kier molecular flexibility index (Phi) is 3.82. The van der Waals surface area contributed by atoms with Crippen LogP contribution in [0.2, 0.25) is 0 Å². The first-order valence-corrected chi connectivity index (χ1v) is 9.92. The fraction of sp³-hybridized carbons (Fsp3) is 0.762. The Morgan fingerprint density at radius 1 is 1.25 bits per heavy atom. The molecule has 2 nitrogen and oxygen atoms in total. The molecular weight excluding hydrogens is 320 g/mol. The first-order valence-electron chi connectivity index (χ1n) is 9.55. The van der Waals surface area contributed by atoms with Gasteiger partial charge in [-0.1, -0.05) is 44.0 Å². The molecule has 0 aromatic carbocycles. The Balaban J connectivity index is 1.75. The summed E-state index contributed by atoms with van der Waals surface area (Å²) in [4.78, 5) is 12.0. The summed E-state index contributed by atoms with van der Waals surface area (Å²) in [5, 5.41) is 11.4. The highest BCUT2D eigenvalue weighted by Gasteiger charge is 2.59. The predicted octanol–water partition coefficient (Wildman–Crippen LogP) is 4.86. The zero-order valence-corrected chi connectivity index (χ0v) is 15.8. The van der Waals surface area contributed by atoms with E-state index in [1.165, 1.54) is 5.57 Å². The molecule has 7 atom stereocenters. The predicted molar refractivity (Wildman–Crippen MR) is 96.6 cm³/mol. The van der Waals surface area contributed by atoms with Crippen molar-refractivity contribution in [2.75, 3.05) is 0 Å². The third-order valence-corrected chi connectivity index (χ3v) is 8.56. The number of fused-ring (bicyclic) bond motifs is 5. The normalized spacial score (nSPS) is 51.0. The van der Waals surface area contributed by atoms with Gasteiger partial charge in [0.15, 0.2) is 5.78 Å². The van der Waals surface area contributed by atoms with Gasteiger partial charge in [-0.15, -0.1) is 0 Å². The number of carbonyl (C=O) groups excluding carboxylic acids is 1. The first kappa shape index (κ1) is 16.8. The topological polar surface area (TPSA) is 37.3 Å². The summed E-state index contributed by atoms with van der Waals surface area (Å²) in [5.74, 6) is 2.64. The molecule has 2 saturated carbocycles. The summed E-state index contributed by atoms with van der Waals surface area (Å²) in [5.41, 5.74) is 1.49. The van der Waals surface area contributed by atoms with Crippen LogP contribution < -0.4 is 0 Å². The number of aliphatic hydroxyl groups is 1. The standard InChI is InChI=1S/C21H29ClO2/c1-12-10-13-11-14(23)6-8-20(13,2)16-7-9-21(3)15(18(12)16)4-5-17(22)19(21)24/h5,11-12,15-16,18-19,24H,4,6-10H2,1-3H3/t12-,15+,16+,18+,19+,20+,21+/m1/s1. The largest absolute Gasteiger partial charge is 0.387 e. The second-order valence-electron chi connectivity index (χ2n) is 9.30. The summed E-state index contributed by atoms with van der Waals surface area (Å²) >= 11 is 6.31.